The number of allylic oxidation sites excluding steroid dienone is 6. The molecule has 2 nitrogen and oxygen atoms in total. The van der Waals surface area contributed by atoms with Gasteiger partial charge in [-0.2, -0.15) is 0 Å². The maximum absolute atomic E-state index is 3.78. The SMILES string of the molecule is C1=CC2=CC=C1C2.N.c1ccncc1. The number of hydrogen-bond acceptors (Lipinski definition) is 2. The van der Waals surface area contributed by atoms with Crippen molar-refractivity contribution in [2.45, 2.75) is 6.42 Å². The van der Waals surface area contributed by atoms with Crippen LogP contribution in [0.1, 0.15) is 6.42 Å². The number of hydrogen-bond donors (Lipinski definition) is 1. The quantitative estimate of drug-likeness (QED) is 0.677. The Labute approximate surface area is 84.3 Å². The minimum atomic E-state index is 0. The summed E-state index contributed by atoms with van der Waals surface area (Å²) in [7, 11) is 0. The lowest BCUT2D eigenvalue weighted by atomic mass is 10.3. The molecule has 0 aliphatic heterocycles. The third-order valence-corrected chi connectivity index (χ3v) is 2.00. The average Bonchev–Trinajstić information content (AvgIpc) is 2.85. The largest absolute Gasteiger partial charge is 0.344 e. The van der Waals surface area contributed by atoms with Gasteiger partial charge in [-0.15, -0.1) is 0 Å². The van der Waals surface area contributed by atoms with E-state index in [-0.39, 0.29) is 6.15 Å². The van der Waals surface area contributed by atoms with Crippen molar-refractivity contribution in [1.82, 2.24) is 11.1 Å². The van der Waals surface area contributed by atoms with Gasteiger partial charge in [-0.1, -0.05) is 30.4 Å². The summed E-state index contributed by atoms with van der Waals surface area (Å²) in [6.45, 7) is 0. The second-order valence-corrected chi connectivity index (χ2v) is 3.02. The molecule has 14 heavy (non-hydrogen) atoms. The Kier molecular flexibility index (Phi) is 3.83. The van der Waals surface area contributed by atoms with Crippen LogP contribution in [0, 0.1) is 0 Å². The summed E-state index contributed by atoms with van der Waals surface area (Å²) in [6, 6.07) is 5.72. The fraction of sp³-hybridized carbons (Fsp3) is 0.0833. The van der Waals surface area contributed by atoms with Gasteiger partial charge in [-0.25, -0.2) is 0 Å². The van der Waals surface area contributed by atoms with E-state index in [1.54, 1.807) is 12.4 Å². The van der Waals surface area contributed by atoms with E-state index in [2.05, 4.69) is 29.3 Å². The summed E-state index contributed by atoms with van der Waals surface area (Å²) in [5.74, 6) is 0. The second kappa shape index (κ2) is 5.14. The summed E-state index contributed by atoms with van der Waals surface area (Å²) in [4.78, 5) is 3.78. The smallest absolute Gasteiger partial charge is 0.0267 e. The molecule has 2 bridgehead atoms. The third kappa shape index (κ3) is 2.68. The zero-order chi connectivity index (χ0) is 8.93. The first-order valence-electron chi connectivity index (χ1n) is 4.38. The van der Waals surface area contributed by atoms with Gasteiger partial charge in [0, 0.05) is 12.4 Å². The Balaban J connectivity index is 0.000000132. The molecule has 1 aromatic rings. The lowest BCUT2D eigenvalue weighted by Crippen LogP contribution is -1.59. The molecule has 0 saturated carbocycles. The van der Waals surface area contributed by atoms with E-state index in [0.29, 0.717) is 0 Å². The van der Waals surface area contributed by atoms with Crippen molar-refractivity contribution in [2.24, 2.45) is 0 Å². The molecule has 0 amide bonds. The number of rotatable bonds is 0. The highest BCUT2D eigenvalue weighted by Crippen LogP contribution is 2.27. The number of fused-ring (bicyclic) bond motifs is 2. The standard InChI is InChI=1S/C7H6.C5H5N.H3N/c1-2-7-4-3-6(1)5-7;1-2-4-6-5-3-1;/h1-4H,5H2;1-5H;1H3. The van der Waals surface area contributed by atoms with Gasteiger partial charge in [0.1, 0.15) is 0 Å². The fourth-order valence-electron chi connectivity index (χ4n) is 1.32. The van der Waals surface area contributed by atoms with Gasteiger partial charge >= 0.3 is 0 Å². The van der Waals surface area contributed by atoms with E-state index >= 15 is 0 Å². The highest BCUT2D eigenvalue weighted by molar-refractivity contribution is 5.49. The summed E-state index contributed by atoms with van der Waals surface area (Å²) in [6.07, 6.45) is 13.4. The summed E-state index contributed by atoms with van der Waals surface area (Å²) < 4.78 is 0. The van der Waals surface area contributed by atoms with Crippen LogP contribution in [0.15, 0.2) is 66.0 Å². The van der Waals surface area contributed by atoms with Crippen molar-refractivity contribution in [3.8, 4) is 0 Å². The van der Waals surface area contributed by atoms with Gasteiger partial charge < -0.3 is 6.15 Å². The first-order valence-corrected chi connectivity index (χ1v) is 4.38. The highest BCUT2D eigenvalue weighted by atomic mass is 14.6. The molecule has 0 spiro atoms. The van der Waals surface area contributed by atoms with E-state index in [9.17, 15) is 0 Å². The van der Waals surface area contributed by atoms with Crippen molar-refractivity contribution in [1.29, 1.82) is 0 Å². The van der Waals surface area contributed by atoms with Crippen LogP contribution in [0.3, 0.4) is 0 Å². The minimum Gasteiger partial charge on any atom is -0.344 e. The van der Waals surface area contributed by atoms with Crippen molar-refractivity contribution >= 4 is 0 Å². The van der Waals surface area contributed by atoms with Gasteiger partial charge in [0.15, 0.2) is 0 Å². The molecule has 1 aromatic heterocycles. The molecule has 0 atom stereocenters. The lowest BCUT2D eigenvalue weighted by Gasteiger charge is -1.77. The van der Waals surface area contributed by atoms with Crippen LogP contribution < -0.4 is 6.15 Å². The van der Waals surface area contributed by atoms with E-state index in [4.69, 9.17) is 0 Å². The zero-order valence-corrected chi connectivity index (χ0v) is 8.06. The Morgan fingerprint density at radius 3 is 1.57 bits per heavy atom. The van der Waals surface area contributed by atoms with E-state index < -0.39 is 0 Å². The maximum Gasteiger partial charge on any atom is 0.0267 e. The van der Waals surface area contributed by atoms with Crippen LogP contribution in [0.2, 0.25) is 0 Å². The number of nitrogens with zero attached hydrogens (tertiary/aromatic N) is 1. The number of pyridine rings is 1. The summed E-state index contributed by atoms with van der Waals surface area (Å²) in [5.41, 5.74) is 2.94. The van der Waals surface area contributed by atoms with Crippen LogP contribution in [0.25, 0.3) is 0 Å². The maximum atomic E-state index is 3.78. The molecule has 3 N–H and O–H groups in total. The van der Waals surface area contributed by atoms with Crippen molar-refractivity contribution < 1.29 is 0 Å². The molecule has 3 rings (SSSR count). The molecule has 0 fully saturated rings. The topological polar surface area (TPSA) is 47.9 Å². The van der Waals surface area contributed by atoms with Crippen molar-refractivity contribution in [3.05, 3.63) is 66.0 Å². The van der Waals surface area contributed by atoms with Crippen LogP contribution >= 0.6 is 0 Å². The Hall–Kier alpha value is -1.67. The molecule has 2 aliphatic rings. The monoisotopic (exact) mass is 186 g/mol. The molecular weight excluding hydrogens is 172 g/mol. The van der Waals surface area contributed by atoms with Crippen LogP contribution in [-0.4, -0.2) is 4.98 Å². The third-order valence-electron chi connectivity index (χ3n) is 2.00. The molecule has 1 heterocycles. The first kappa shape index (κ1) is 10.4. The van der Waals surface area contributed by atoms with Crippen molar-refractivity contribution in [2.75, 3.05) is 0 Å². The van der Waals surface area contributed by atoms with Gasteiger partial charge in [0.25, 0.3) is 0 Å². The summed E-state index contributed by atoms with van der Waals surface area (Å²) in [5, 5.41) is 0. The van der Waals surface area contributed by atoms with Crippen LogP contribution in [0.4, 0.5) is 0 Å². The molecule has 0 unspecified atom stereocenters. The Morgan fingerprint density at radius 2 is 1.43 bits per heavy atom. The minimum absolute atomic E-state index is 0. The predicted octanol–water partition coefficient (Wildman–Crippen LogP) is 3.06. The predicted molar refractivity (Wildman–Crippen MR) is 59.2 cm³/mol. The van der Waals surface area contributed by atoms with E-state index in [0.717, 1.165) is 0 Å². The molecule has 2 heteroatoms. The molecular formula is C12H14N2. The zero-order valence-electron chi connectivity index (χ0n) is 8.06. The highest BCUT2D eigenvalue weighted by Gasteiger charge is 2.07. The molecule has 2 aliphatic carbocycles. The van der Waals surface area contributed by atoms with Gasteiger partial charge in [-0.05, 0) is 29.7 Å². The van der Waals surface area contributed by atoms with Gasteiger partial charge in [-0.3, -0.25) is 4.98 Å². The van der Waals surface area contributed by atoms with E-state index in [1.807, 2.05) is 18.2 Å². The van der Waals surface area contributed by atoms with Crippen LogP contribution in [0.5, 0.6) is 0 Å². The van der Waals surface area contributed by atoms with Crippen molar-refractivity contribution in [3.63, 3.8) is 0 Å². The Bertz CT molecular complexity index is 314. The molecule has 0 radical (unpaired) electrons. The second-order valence-electron chi connectivity index (χ2n) is 3.02. The average molecular weight is 186 g/mol. The Morgan fingerprint density at radius 1 is 0.857 bits per heavy atom. The first-order chi connectivity index (χ1) is 6.45. The lowest BCUT2D eigenvalue weighted by molar-refractivity contribution is 1.32. The van der Waals surface area contributed by atoms with E-state index in [1.165, 1.54) is 17.6 Å². The normalized spacial score (nSPS) is 14.9. The molecule has 0 saturated heterocycles. The van der Waals surface area contributed by atoms with Gasteiger partial charge in [0.2, 0.25) is 0 Å². The van der Waals surface area contributed by atoms with Crippen LogP contribution in [-0.2, 0) is 0 Å². The fourth-order valence-corrected chi connectivity index (χ4v) is 1.32. The molecule has 0 aromatic carbocycles. The summed E-state index contributed by atoms with van der Waals surface area (Å²) >= 11 is 0. The number of aromatic nitrogens is 1. The molecule has 72 valence electrons. The van der Waals surface area contributed by atoms with Gasteiger partial charge in [0.05, 0.1) is 0 Å².